The third-order valence-electron chi connectivity index (χ3n) is 4.52. The van der Waals surface area contributed by atoms with E-state index in [-0.39, 0.29) is 5.56 Å². The second kappa shape index (κ2) is 7.28. The average Bonchev–Trinajstić information content (AvgIpc) is 2.60. The maximum atomic E-state index is 11.9. The van der Waals surface area contributed by atoms with Gasteiger partial charge in [-0.05, 0) is 41.8 Å². The van der Waals surface area contributed by atoms with Crippen molar-refractivity contribution < 1.29 is 0 Å². The van der Waals surface area contributed by atoms with E-state index in [4.69, 9.17) is 0 Å². The second-order valence-electron chi connectivity index (χ2n) is 6.17. The number of halogens is 1. The van der Waals surface area contributed by atoms with Gasteiger partial charge in [-0.15, -0.1) is 6.58 Å². The molecule has 1 heterocycles. The van der Waals surface area contributed by atoms with Crippen LogP contribution >= 0.6 is 15.9 Å². The largest absolute Gasteiger partial charge is 0.370 e. The molecule has 0 fully saturated rings. The van der Waals surface area contributed by atoms with Gasteiger partial charge in [0.15, 0.2) is 0 Å². The highest BCUT2D eigenvalue weighted by Gasteiger charge is 2.13. The minimum absolute atomic E-state index is 0.00590. The summed E-state index contributed by atoms with van der Waals surface area (Å²) in [6.45, 7) is 4.70. The Morgan fingerprint density at radius 1 is 1.16 bits per heavy atom. The fraction of sp³-hybridized carbons (Fsp3) is 0.190. The molecule has 0 spiro atoms. The molecule has 128 valence electrons. The van der Waals surface area contributed by atoms with Crippen LogP contribution in [0.5, 0.6) is 0 Å². The Hall–Kier alpha value is -2.33. The summed E-state index contributed by atoms with van der Waals surface area (Å²) in [5.74, 6) is 0. The zero-order chi connectivity index (χ0) is 18.0. The third-order valence-corrected chi connectivity index (χ3v) is 5.29. The number of allylic oxidation sites excluding steroid dienone is 1. The van der Waals surface area contributed by atoms with Gasteiger partial charge in [0.25, 0.3) is 5.56 Å². The fourth-order valence-electron chi connectivity index (χ4n) is 3.19. The van der Waals surface area contributed by atoms with E-state index < -0.39 is 0 Å². The number of aromatic nitrogens is 1. The van der Waals surface area contributed by atoms with E-state index in [9.17, 15) is 4.79 Å². The Kier molecular flexibility index (Phi) is 5.09. The summed E-state index contributed by atoms with van der Waals surface area (Å²) >= 11 is 3.62. The fourth-order valence-corrected chi connectivity index (χ4v) is 3.60. The Bertz CT molecular complexity index is 991. The van der Waals surface area contributed by atoms with Gasteiger partial charge in [-0.25, -0.2) is 0 Å². The summed E-state index contributed by atoms with van der Waals surface area (Å²) in [5, 5.41) is 1.10. The summed E-state index contributed by atoms with van der Waals surface area (Å²) in [6.07, 6.45) is 2.67. The van der Waals surface area contributed by atoms with Gasteiger partial charge in [0, 0.05) is 42.3 Å². The standard InChI is InChI=1S/C21H21BrN2O/c1-4-7-16-17-10-13-21(25)24(3)20(17)12-11-19(16)23(2)14-15-8-5-6-9-18(15)22/h4-6,8-13H,1,7,14H2,2-3H3. The maximum absolute atomic E-state index is 11.9. The van der Waals surface area contributed by atoms with Crippen LogP contribution in [0, 0.1) is 0 Å². The molecule has 0 unspecified atom stereocenters. The highest BCUT2D eigenvalue weighted by molar-refractivity contribution is 9.10. The first-order valence-corrected chi connectivity index (χ1v) is 8.99. The summed E-state index contributed by atoms with van der Waals surface area (Å²) in [5.41, 5.74) is 4.53. The molecule has 0 saturated heterocycles. The highest BCUT2D eigenvalue weighted by Crippen LogP contribution is 2.30. The van der Waals surface area contributed by atoms with E-state index in [1.807, 2.05) is 31.3 Å². The van der Waals surface area contributed by atoms with Crippen molar-refractivity contribution in [2.45, 2.75) is 13.0 Å². The Labute approximate surface area is 156 Å². The lowest BCUT2D eigenvalue weighted by atomic mass is 10.0. The van der Waals surface area contributed by atoms with Crippen molar-refractivity contribution in [3.05, 3.63) is 87.1 Å². The van der Waals surface area contributed by atoms with Crippen molar-refractivity contribution >= 4 is 32.5 Å². The molecule has 0 atom stereocenters. The number of hydrogen-bond acceptors (Lipinski definition) is 2. The highest BCUT2D eigenvalue weighted by atomic mass is 79.9. The molecule has 0 aliphatic carbocycles. The number of benzene rings is 2. The number of pyridine rings is 1. The van der Waals surface area contributed by atoms with Gasteiger partial charge in [0.05, 0.1) is 5.52 Å². The molecule has 4 heteroatoms. The van der Waals surface area contributed by atoms with Crippen LogP contribution in [0.1, 0.15) is 11.1 Å². The molecule has 1 aromatic heterocycles. The lowest BCUT2D eigenvalue weighted by molar-refractivity contribution is 0.896. The van der Waals surface area contributed by atoms with Crippen molar-refractivity contribution in [1.29, 1.82) is 0 Å². The van der Waals surface area contributed by atoms with Crippen molar-refractivity contribution in [2.75, 3.05) is 11.9 Å². The van der Waals surface area contributed by atoms with Crippen molar-refractivity contribution in [2.24, 2.45) is 7.05 Å². The molecular formula is C21H21BrN2O. The van der Waals surface area contributed by atoms with Crippen LogP contribution in [0.15, 0.2) is 70.5 Å². The van der Waals surface area contributed by atoms with Gasteiger partial charge < -0.3 is 9.47 Å². The third kappa shape index (κ3) is 3.40. The van der Waals surface area contributed by atoms with Gasteiger partial charge in [0.1, 0.15) is 0 Å². The Morgan fingerprint density at radius 3 is 2.64 bits per heavy atom. The molecule has 2 aromatic carbocycles. The molecule has 3 rings (SSSR count). The van der Waals surface area contributed by atoms with Gasteiger partial charge in [-0.2, -0.15) is 0 Å². The molecule has 3 aromatic rings. The molecule has 0 N–H and O–H groups in total. The molecular weight excluding hydrogens is 376 g/mol. The number of anilines is 1. The van der Waals surface area contributed by atoms with Crippen molar-refractivity contribution in [3.8, 4) is 0 Å². The summed E-state index contributed by atoms with van der Waals surface area (Å²) < 4.78 is 2.80. The first-order chi connectivity index (χ1) is 12.0. The van der Waals surface area contributed by atoms with Gasteiger partial charge in [-0.3, -0.25) is 4.79 Å². The van der Waals surface area contributed by atoms with E-state index in [1.165, 1.54) is 11.1 Å². The number of aryl methyl sites for hydroxylation is 1. The summed E-state index contributed by atoms with van der Waals surface area (Å²) in [7, 11) is 3.90. The molecule has 0 saturated carbocycles. The van der Waals surface area contributed by atoms with Crippen LogP contribution in [-0.4, -0.2) is 11.6 Å². The molecule has 0 radical (unpaired) electrons. The average molecular weight is 397 g/mol. The first kappa shape index (κ1) is 17.5. The Morgan fingerprint density at radius 2 is 1.92 bits per heavy atom. The van der Waals surface area contributed by atoms with Crippen LogP contribution < -0.4 is 10.5 Å². The first-order valence-electron chi connectivity index (χ1n) is 8.20. The second-order valence-corrected chi connectivity index (χ2v) is 7.02. The monoisotopic (exact) mass is 396 g/mol. The van der Waals surface area contributed by atoms with Crippen LogP contribution in [0.3, 0.4) is 0 Å². The summed E-state index contributed by atoms with van der Waals surface area (Å²) in [4.78, 5) is 14.2. The van der Waals surface area contributed by atoms with Crippen molar-refractivity contribution in [3.63, 3.8) is 0 Å². The molecule has 0 bridgehead atoms. The summed E-state index contributed by atoms with van der Waals surface area (Å²) in [6, 6.07) is 15.9. The maximum Gasteiger partial charge on any atom is 0.250 e. The normalized spacial score (nSPS) is 10.8. The van der Waals surface area contributed by atoms with Crippen molar-refractivity contribution in [1.82, 2.24) is 4.57 Å². The predicted molar refractivity (Wildman–Crippen MR) is 109 cm³/mol. The SMILES string of the molecule is C=CCc1c(N(C)Cc2ccccc2Br)ccc2c1ccc(=O)n2C. The van der Waals surface area contributed by atoms with Crippen LogP contribution in [0.2, 0.25) is 0 Å². The predicted octanol–water partition coefficient (Wildman–Crippen LogP) is 4.67. The van der Waals surface area contributed by atoms with E-state index in [2.05, 4.69) is 58.7 Å². The van der Waals surface area contributed by atoms with Gasteiger partial charge in [-0.1, -0.05) is 40.2 Å². The number of fused-ring (bicyclic) bond motifs is 1. The molecule has 0 aliphatic heterocycles. The van der Waals surface area contributed by atoms with E-state index in [0.29, 0.717) is 0 Å². The number of hydrogen-bond donors (Lipinski definition) is 0. The van der Waals surface area contributed by atoms with E-state index in [0.717, 1.165) is 34.0 Å². The molecule has 0 aliphatic rings. The van der Waals surface area contributed by atoms with Gasteiger partial charge >= 0.3 is 0 Å². The minimum Gasteiger partial charge on any atom is -0.370 e. The lowest BCUT2D eigenvalue weighted by Crippen LogP contribution is -2.20. The topological polar surface area (TPSA) is 25.2 Å². The zero-order valence-corrected chi connectivity index (χ0v) is 16.1. The smallest absolute Gasteiger partial charge is 0.250 e. The lowest BCUT2D eigenvalue weighted by Gasteiger charge is -2.24. The van der Waals surface area contributed by atoms with Gasteiger partial charge in [0.2, 0.25) is 0 Å². The minimum atomic E-state index is 0.00590. The quantitative estimate of drug-likeness (QED) is 0.585. The van der Waals surface area contributed by atoms with Crippen LogP contribution in [0.25, 0.3) is 10.9 Å². The molecule has 0 amide bonds. The molecule has 25 heavy (non-hydrogen) atoms. The van der Waals surface area contributed by atoms with E-state index in [1.54, 1.807) is 10.6 Å². The Balaban J connectivity index is 2.10. The van der Waals surface area contributed by atoms with Crippen LogP contribution in [0.4, 0.5) is 5.69 Å². The number of rotatable bonds is 5. The molecule has 3 nitrogen and oxygen atoms in total. The number of nitrogens with zero attached hydrogens (tertiary/aromatic N) is 2. The zero-order valence-electron chi connectivity index (χ0n) is 14.5. The van der Waals surface area contributed by atoms with Crippen LogP contribution in [-0.2, 0) is 20.0 Å². The van der Waals surface area contributed by atoms with E-state index >= 15 is 0 Å².